The molecule has 0 spiro atoms. The molecule has 0 heterocycles. The van der Waals surface area contributed by atoms with Gasteiger partial charge in [0, 0.05) is 18.1 Å². The first-order chi connectivity index (χ1) is 7.61. The first-order valence-corrected chi connectivity index (χ1v) is 7.06. The van der Waals surface area contributed by atoms with E-state index in [0.29, 0.717) is 12.1 Å². The molecule has 0 aliphatic heterocycles. The van der Waals surface area contributed by atoms with Crippen LogP contribution < -0.4 is 5.32 Å². The third-order valence-corrected chi connectivity index (χ3v) is 3.96. The van der Waals surface area contributed by atoms with Gasteiger partial charge < -0.3 is 10.2 Å². The third kappa shape index (κ3) is 4.84. The van der Waals surface area contributed by atoms with Gasteiger partial charge in [-0.05, 0) is 39.8 Å². The Hall–Kier alpha value is -0.0800. The molecule has 0 saturated heterocycles. The highest BCUT2D eigenvalue weighted by Crippen LogP contribution is 2.23. The third-order valence-electron chi connectivity index (χ3n) is 3.96. The zero-order valence-corrected chi connectivity index (χ0v) is 11.6. The molecule has 16 heavy (non-hydrogen) atoms. The molecule has 2 nitrogen and oxygen atoms in total. The van der Waals surface area contributed by atoms with Crippen molar-refractivity contribution in [2.24, 2.45) is 0 Å². The van der Waals surface area contributed by atoms with Gasteiger partial charge in [0.05, 0.1) is 0 Å². The summed E-state index contributed by atoms with van der Waals surface area (Å²) >= 11 is 0. The molecule has 0 aromatic carbocycles. The Labute approximate surface area is 102 Å². The molecule has 0 aromatic rings. The predicted octanol–water partition coefficient (Wildman–Crippen LogP) is 3.03. The Morgan fingerprint density at radius 1 is 1.12 bits per heavy atom. The summed E-state index contributed by atoms with van der Waals surface area (Å²) in [5, 5.41) is 3.51. The van der Waals surface area contributed by atoms with Crippen LogP contribution in [0.3, 0.4) is 0 Å². The van der Waals surface area contributed by atoms with Crippen molar-refractivity contribution in [3.63, 3.8) is 0 Å². The van der Waals surface area contributed by atoms with E-state index in [1.807, 2.05) is 0 Å². The first-order valence-electron chi connectivity index (χ1n) is 7.06. The summed E-state index contributed by atoms with van der Waals surface area (Å²) in [5.41, 5.74) is 0. The van der Waals surface area contributed by atoms with Gasteiger partial charge in [-0.1, -0.05) is 33.1 Å². The van der Waals surface area contributed by atoms with Gasteiger partial charge >= 0.3 is 0 Å². The van der Waals surface area contributed by atoms with Crippen LogP contribution in [0.25, 0.3) is 0 Å². The van der Waals surface area contributed by atoms with Gasteiger partial charge in [0.15, 0.2) is 0 Å². The summed E-state index contributed by atoms with van der Waals surface area (Å²) in [6.07, 6.45) is 8.42. The van der Waals surface area contributed by atoms with Gasteiger partial charge in [0.1, 0.15) is 0 Å². The molecule has 1 fully saturated rings. The molecule has 1 atom stereocenters. The molecular formula is C14H30N2. The maximum atomic E-state index is 3.51. The summed E-state index contributed by atoms with van der Waals surface area (Å²) in [4.78, 5) is 2.61. The van der Waals surface area contributed by atoms with Crippen molar-refractivity contribution in [2.45, 2.75) is 77.4 Å². The second kappa shape index (κ2) is 7.29. The fourth-order valence-corrected chi connectivity index (χ4v) is 2.63. The van der Waals surface area contributed by atoms with E-state index >= 15 is 0 Å². The van der Waals surface area contributed by atoms with Crippen molar-refractivity contribution >= 4 is 0 Å². The Morgan fingerprint density at radius 2 is 1.75 bits per heavy atom. The van der Waals surface area contributed by atoms with Gasteiger partial charge in [0.2, 0.25) is 0 Å². The van der Waals surface area contributed by atoms with Crippen molar-refractivity contribution in [2.75, 3.05) is 13.6 Å². The van der Waals surface area contributed by atoms with Gasteiger partial charge in [0.25, 0.3) is 0 Å². The SMILES string of the molecule is CC(C)NCCC(C)N(C)C1CCCCC1. The molecule has 1 unspecified atom stereocenters. The number of nitrogens with zero attached hydrogens (tertiary/aromatic N) is 1. The van der Waals surface area contributed by atoms with Crippen LogP contribution in [-0.4, -0.2) is 36.6 Å². The zero-order chi connectivity index (χ0) is 12.0. The maximum Gasteiger partial charge on any atom is 0.00950 e. The van der Waals surface area contributed by atoms with Crippen molar-refractivity contribution in [3.8, 4) is 0 Å². The molecule has 1 saturated carbocycles. The lowest BCUT2D eigenvalue weighted by Crippen LogP contribution is -2.41. The Morgan fingerprint density at radius 3 is 2.31 bits per heavy atom. The number of hydrogen-bond acceptors (Lipinski definition) is 2. The van der Waals surface area contributed by atoms with Gasteiger partial charge in [-0.2, -0.15) is 0 Å². The first kappa shape index (κ1) is 14.0. The average Bonchev–Trinajstić information content (AvgIpc) is 2.28. The molecule has 0 amide bonds. The second-order valence-electron chi connectivity index (χ2n) is 5.70. The van der Waals surface area contributed by atoms with Crippen LogP contribution in [0.1, 0.15) is 59.3 Å². The van der Waals surface area contributed by atoms with E-state index in [2.05, 4.69) is 38.0 Å². The molecule has 1 N–H and O–H groups in total. The van der Waals surface area contributed by atoms with E-state index in [0.717, 1.165) is 12.6 Å². The Kier molecular flexibility index (Phi) is 6.37. The highest BCUT2D eigenvalue weighted by atomic mass is 15.2. The topological polar surface area (TPSA) is 15.3 Å². The van der Waals surface area contributed by atoms with E-state index in [4.69, 9.17) is 0 Å². The average molecular weight is 226 g/mol. The van der Waals surface area contributed by atoms with Crippen LogP contribution in [0.4, 0.5) is 0 Å². The number of nitrogens with one attached hydrogen (secondary N) is 1. The fourth-order valence-electron chi connectivity index (χ4n) is 2.63. The van der Waals surface area contributed by atoms with Crippen LogP contribution in [-0.2, 0) is 0 Å². The molecule has 1 aliphatic rings. The molecule has 1 aliphatic carbocycles. The lowest BCUT2D eigenvalue weighted by Gasteiger charge is -2.35. The monoisotopic (exact) mass is 226 g/mol. The highest BCUT2D eigenvalue weighted by molar-refractivity contribution is 4.77. The Balaban J connectivity index is 2.20. The van der Waals surface area contributed by atoms with E-state index in [1.54, 1.807) is 0 Å². The minimum absolute atomic E-state index is 0.618. The zero-order valence-electron chi connectivity index (χ0n) is 11.6. The molecule has 0 aromatic heterocycles. The number of rotatable bonds is 6. The number of hydrogen-bond donors (Lipinski definition) is 1. The minimum Gasteiger partial charge on any atom is -0.314 e. The van der Waals surface area contributed by atoms with Crippen LogP contribution in [0.15, 0.2) is 0 Å². The molecule has 96 valence electrons. The van der Waals surface area contributed by atoms with Gasteiger partial charge in [-0.25, -0.2) is 0 Å². The summed E-state index contributed by atoms with van der Waals surface area (Å²) in [6.45, 7) is 7.96. The summed E-state index contributed by atoms with van der Waals surface area (Å²) < 4.78 is 0. The normalized spacial score (nSPS) is 20.6. The van der Waals surface area contributed by atoms with E-state index in [-0.39, 0.29) is 0 Å². The second-order valence-corrected chi connectivity index (χ2v) is 5.70. The molecule has 1 rings (SSSR count). The standard InChI is InChI=1S/C14H30N2/c1-12(2)15-11-10-13(3)16(4)14-8-6-5-7-9-14/h12-15H,5-11H2,1-4H3. The van der Waals surface area contributed by atoms with Crippen LogP contribution in [0.5, 0.6) is 0 Å². The molecular weight excluding hydrogens is 196 g/mol. The van der Waals surface area contributed by atoms with E-state index < -0.39 is 0 Å². The quantitative estimate of drug-likeness (QED) is 0.749. The van der Waals surface area contributed by atoms with Crippen LogP contribution in [0, 0.1) is 0 Å². The Bertz CT molecular complexity index is 174. The van der Waals surface area contributed by atoms with E-state index in [9.17, 15) is 0 Å². The lowest BCUT2D eigenvalue weighted by molar-refractivity contribution is 0.140. The maximum absolute atomic E-state index is 3.51. The smallest absolute Gasteiger partial charge is 0.00950 e. The van der Waals surface area contributed by atoms with Crippen LogP contribution >= 0.6 is 0 Å². The van der Waals surface area contributed by atoms with Gasteiger partial charge in [-0.3, -0.25) is 0 Å². The van der Waals surface area contributed by atoms with Crippen molar-refractivity contribution in [1.29, 1.82) is 0 Å². The molecule has 0 radical (unpaired) electrons. The van der Waals surface area contributed by atoms with Gasteiger partial charge in [-0.15, -0.1) is 0 Å². The van der Waals surface area contributed by atoms with Crippen molar-refractivity contribution in [3.05, 3.63) is 0 Å². The van der Waals surface area contributed by atoms with E-state index in [1.165, 1.54) is 38.5 Å². The molecule has 0 bridgehead atoms. The highest BCUT2D eigenvalue weighted by Gasteiger charge is 2.21. The summed E-state index contributed by atoms with van der Waals surface area (Å²) in [7, 11) is 2.32. The minimum atomic E-state index is 0.618. The van der Waals surface area contributed by atoms with Crippen molar-refractivity contribution in [1.82, 2.24) is 10.2 Å². The lowest BCUT2D eigenvalue weighted by atomic mass is 9.93. The van der Waals surface area contributed by atoms with Crippen LogP contribution in [0.2, 0.25) is 0 Å². The molecule has 2 heteroatoms. The summed E-state index contributed by atoms with van der Waals surface area (Å²) in [6, 6.07) is 2.18. The fraction of sp³-hybridized carbons (Fsp3) is 1.00. The predicted molar refractivity (Wildman–Crippen MR) is 71.9 cm³/mol. The van der Waals surface area contributed by atoms with Crippen molar-refractivity contribution < 1.29 is 0 Å². The largest absolute Gasteiger partial charge is 0.314 e. The summed E-state index contributed by atoms with van der Waals surface area (Å²) in [5.74, 6) is 0.